The lowest BCUT2D eigenvalue weighted by atomic mass is 10.1. The van der Waals surface area contributed by atoms with Gasteiger partial charge in [0.05, 0.1) is 12.0 Å². The van der Waals surface area contributed by atoms with Gasteiger partial charge in [0.2, 0.25) is 0 Å². The summed E-state index contributed by atoms with van der Waals surface area (Å²) in [6.45, 7) is 0.632. The second-order valence-corrected chi connectivity index (χ2v) is 5.60. The van der Waals surface area contributed by atoms with E-state index >= 15 is 0 Å². The van der Waals surface area contributed by atoms with Crippen molar-refractivity contribution in [3.05, 3.63) is 70.1 Å². The van der Waals surface area contributed by atoms with Gasteiger partial charge in [0.25, 0.3) is 5.56 Å². The average Bonchev–Trinajstić information content (AvgIpc) is 2.64. The number of carbonyl (C=O) groups excluding carboxylic acids is 1. The van der Waals surface area contributed by atoms with Crippen LogP contribution in [0.3, 0.4) is 0 Å². The quantitative estimate of drug-likeness (QED) is 0.527. The molecular formula is C19H18N2O4. The van der Waals surface area contributed by atoms with Gasteiger partial charge in [0, 0.05) is 19.5 Å². The summed E-state index contributed by atoms with van der Waals surface area (Å²) in [6.07, 6.45) is 0.789. The Hall–Kier alpha value is -2.99. The number of nitrogens with zero attached hydrogens (tertiary/aromatic N) is 2. The minimum Gasteiger partial charge on any atom is -0.422 e. The number of hydrogen-bond acceptors (Lipinski definition) is 5. The molecule has 6 nitrogen and oxygen atoms in total. The van der Waals surface area contributed by atoms with E-state index in [-0.39, 0.29) is 11.3 Å². The van der Waals surface area contributed by atoms with Crippen LogP contribution in [-0.4, -0.2) is 29.5 Å². The molecule has 1 heterocycles. The molecule has 0 unspecified atom stereocenters. The highest BCUT2D eigenvalue weighted by atomic mass is 16.5. The first kappa shape index (κ1) is 16.9. The van der Waals surface area contributed by atoms with Gasteiger partial charge in [-0.15, -0.1) is 0 Å². The third kappa shape index (κ3) is 3.59. The lowest BCUT2D eigenvalue weighted by Crippen LogP contribution is -2.24. The molecule has 1 aromatic heterocycles. The second kappa shape index (κ2) is 7.27. The van der Waals surface area contributed by atoms with Crippen molar-refractivity contribution >= 4 is 16.7 Å². The molecule has 0 bridgehead atoms. The highest BCUT2D eigenvalue weighted by Gasteiger charge is 2.17. The van der Waals surface area contributed by atoms with Crippen molar-refractivity contribution < 1.29 is 14.3 Å². The summed E-state index contributed by atoms with van der Waals surface area (Å²) in [5, 5.41) is 4.98. The normalized spacial score (nSPS) is 10.8. The summed E-state index contributed by atoms with van der Waals surface area (Å²) >= 11 is 0. The molecule has 0 fully saturated rings. The molecule has 0 N–H and O–H groups in total. The van der Waals surface area contributed by atoms with Crippen LogP contribution in [-0.2, 0) is 18.2 Å². The maximum Gasteiger partial charge on any atom is 0.364 e. The topological polar surface area (TPSA) is 70.4 Å². The van der Waals surface area contributed by atoms with Gasteiger partial charge in [-0.3, -0.25) is 4.79 Å². The molecule has 25 heavy (non-hydrogen) atoms. The largest absolute Gasteiger partial charge is 0.422 e. The monoisotopic (exact) mass is 338 g/mol. The van der Waals surface area contributed by atoms with Gasteiger partial charge < -0.3 is 9.47 Å². The van der Waals surface area contributed by atoms with E-state index in [2.05, 4.69) is 5.10 Å². The SMILES string of the molecule is COCCc1ccc(OC(=O)c2nn(C)c(=O)c3ccccc23)cc1. The third-order valence-corrected chi connectivity index (χ3v) is 3.88. The number of ether oxygens (including phenoxy) is 2. The number of aryl methyl sites for hydroxylation is 1. The predicted octanol–water partition coefficient (Wildman–Crippen LogP) is 2.34. The van der Waals surface area contributed by atoms with Crippen LogP contribution in [0, 0.1) is 0 Å². The number of esters is 1. The van der Waals surface area contributed by atoms with Crippen LogP contribution in [0.15, 0.2) is 53.3 Å². The Kier molecular flexibility index (Phi) is 4.90. The summed E-state index contributed by atoms with van der Waals surface area (Å²) < 4.78 is 11.6. The highest BCUT2D eigenvalue weighted by Crippen LogP contribution is 2.18. The molecular weight excluding hydrogens is 320 g/mol. The summed E-state index contributed by atoms with van der Waals surface area (Å²) in [6, 6.07) is 14.1. The van der Waals surface area contributed by atoms with E-state index in [1.807, 2.05) is 12.1 Å². The molecule has 3 rings (SSSR count). The Labute approximate surface area is 144 Å². The van der Waals surface area contributed by atoms with E-state index in [9.17, 15) is 9.59 Å². The molecule has 0 radical (unpaired) electrons. The number of carbonyl (C=O) groups is 1. The first-order chi connectivity index (χ1) is 12.1. The van der Waals surface area contributed by atoms with Crippen molar-refractivity contribution in [3.63, 3.8) is 0 Å². The van der Waals surface area contributed by atoms with Crippen molar-refractivity contribution in [2.45, 2.75) is 6.42 Å². The van der Waals surface area contributed by atoms with E-state index in [1.54, 1.807) is 43.5 Å². The average molecular weight is 338 g/mol. The molecule has 0 aliphatic heterocycles. The van der Waals surface area contributed by atoms with E-state index in [1.165, 1.54) is 7.05 Å². The minimum atomic E-state index is -0.601. The summed E-state index contributed by atoms with van der Waals surface area (Å²) in [5.74, 6) is -0.178. The fourth-order valence-corrected chi connectivity index (χ4v) is 2.55. The molecule has 128 valence electrons. The molecule has 0 saturated heterocycles. The molecule has 0 saturated carbocycles. The van der Waals surface area contributed by atoms with Gasteiger partial charge >= 0.3 is 5.97 Å². The zero-order valence-electron chi connectivity index (χ0n) is 14.1. The molecule has 6 heteroatoms. The van der Waals surface area contributed by atoms with Crippen molar-refractivity contribution in [3.8, 4) is 5.75 Å². The van der Waals surface area contributed by atoms with Crippen LogP contribution in [0.2, 0.25) is 0 Å². The highest BCUT2D eigenvalue weighted by molar-refractivity contribution is 6.02. The number of methoxy groups -OCH3 is 1. The van der Waals surface area contributed by atoms with E-state index in [4.69, 9.17) is 9.47 Å². The molecule has 3 aromatic rings. The van der Waals surface area contributed by atoms with Crippen molar-refractivity contribution in [1.82, 2.24) is 9.78 Å². The Morgan fingerprint density at radius 3 is 2.44 bits per heavy atom. The molecule has 2 aromatic carbocycles. The number of benzene rings is 2. The second-order valence-electron chi connectivity index (χ2n) is 5.60. The fourth-order valence-electron chi connectivity index (χ4n) is 2.55. The maximum atomic E-state index is 12.5. The fraction of sp³-hybridized carbons (Fsp3) is 0.211. The van der Waals surface area contributed by atoms with Crippen LogP contribution in [0.25, 0.3) is 10.8 Å². The Morgan fingerprint density at radius 2 is 1.76 bits per heavy atom. The first-order valence-electron chi connectivity index (χ1n) is 7.86. The van der Waals surface area contributed by atoms with Gasteiger partial charge in [-0.25, -0.2) is 9.48 Å². The standard InChI is InChI=1S/C19H18N2O4/c1-21-18(22)16-6-4-3-5-15(16)17(20-21)19(23)25-14-9-7-13(8-10-14)11-12-24-2/h3-10H,11-12H2,1-2H3. The summed E-state index contributed by atoms with van der Waals surface area (Å²) in [7, 11) is 3.16. The van der Waals surface area contributed by atoms with E-state index in [0.717, 1.165) is 16.7 Å². The van der Waals surface area contributed by atoms with Crippen LogP contribution >= 0.6 is 0 Å². The Morgan fingerprint density at radius 1 is 1.08 bits per heavy atom. The van der Waals surface area contributed by atoms with Crippen LogP contribution in [0.5, 0.6) is 5.75 Å². The summed E-state index contributed by atoms with van der Waals surface area (Å²) in [4.78, 5) is 24.7. The van der Waals surface area contributed by atoms with Crippen LogP contribution in [0.1, 0.15) is 16.1 Å². The molecule has 0 amide bonds. The molecule has 0 aliphatic carbocycles. The number of aromatic nitrogens is 2. The van der Waals surface area contributed by atoms with E-state index < -0.39 is 5.97 Å². The zero-order chi connectivity index (χ0) is 17.8. The molecule has 0 spiro atoms. The van der Waals surface area contributed by atoms with E-state index in [0.29, 0.717) is 23.1 Å². The first-order valence-corrected chi connectivity index (χ1v) is 7.86. The van der Waals surface area contributed by atoms with Gasteiger partial charge in [0.15, 0.2) is 5.69 Å². The minimum absolute atomic E-state index is 0.112. The lowest BCUT2D eigenvalue weighted by Gasteiger charge is -2.08. The van der Waals surface area contributed by atoms with Crippen molar-refractivity contribution in [2.75, 3.05) is 13.7 Å². The Bertz CT molecular complexity index is 961. The number of fused-ring (bicyclic) bond motifs is 1. The Balaban J connectivity index is 1.88. The molecule has 0 aliphatic rings. The molecule has 0 atom stereocenters. The van der Waals surface area contributed by atoms with Gasteiger partial charge in [-0.05, 0) is 30.2 Å². The third-order valence-electron chi connectivity index (χ3n) is 3.88. The van der Waals surface area contributed by atoms with Crippen molar-refractivity contribution in [2.24, 2.45) is 7.05 Å². The van der Waals surface area contributed by atoms with Gasteiger partial charge in [-0.1, -0.05) is 30.3 Å². The van der Waals surface area contributed by atoms with Crippen molar-refractivity contribution in [1.29, 1.82) is 0 Å². The number of rotatable bonds is 5. The lowest BCUT2D eigenvalue weighted by molar-refractivity contribution is 0.0728. The summed E-state index contributed by atoms with van der Waals surface area (Å²) in [5.41, 5.74) is 0.947. The van der Waals surface area contributed by atoms with Gasteiger partial charge in [-0.2, -0.15) is 5.10 Å². The smallest absolute Gasteiger partial charge is 0.364 e. The van der Waals surface area contributed by atoms with Crippen LogP contribution < -0.4 is 10.3 Å². The van der Waals surface area contributed by atoms with Gasteiger partial charge in [0.1, 0.15) is 5.75 Å². The number of hydrogen-bond donors (Lipinski definition) is 0. The van der Waals surface area contributed by atoms with Crippen LogP contribution in [0.4, 0.5) is 0 Å². The zero-order valence-corrected chi connectivity index (χ0v) is 14.1. The maximum absolute atomic E-state index is 12.5. The predicted molar refractivity (Wildman–Crippen MR) is 94.0 cm³/mol.